The summed E-state index contributed by atoms with van der Waals surface area (Å²) < 4.78 is 11.7. The summed E-state index contributed by atoms with van der Waals surface area (Å²) in [6.07, 6.45) is 6.82. The fourth-order valence-electron chi connectivity index (χ4n) is 5.52. The van der Waals surface area contributed by atoms with Gasteiger partial charge < -0.3 is 14.8 Å². The predicted molar refractivity (Wildman–Crippen MR) is 178 cm³/mol. The van der Waals surface area contributed by atoms with Crippen LogP contribution in [0.15, 0.2) is 48.7 Å². The van der Waals surface area contributed by atoms with Gasteiger partial charge in [-0.05, 0) is 54.8 Å². The van der Waals surface area contributed by atoms with Crippen LogP contribution in [-0.2, 0) is 16.0 Å². The number of nitrogens with zero attached hydrogens (tertiary/aromatic N) is 6. The number of hydrogen-bond donors (Lipinski definition) is 1. The molecule has 4 heterocycles. The third-order valence-electron chi connectivity index (χ3n) is 8.13. The second kappa shape index (κ2) is 13.8. The lowest BCUT2D eigenvalue weighted by atomic mass is 10.1. The minimum absolute atomic E-state index is 0.393. The molecule has 1 aliphatic carbocycles. The number of rotatable bonds is 12. The molecule has 0 unspecified atom stereocenters. The Balaban J connectivity index is 1.19. The van der Waals surface area contributed by atoms with E-state index < -0.39 is 8.07 Å². The van der Waals surface area contributed by atoms with E-state index in [1.165, 1.54) is 31.2 Å². The van der Waals surface area contributed by atoms with Gasteiger partial charge in [-0.1, -0.05) is 56.0 Å². The van der Waals surface area contributed by atoms with Crippen LogP contribution < -0.4 is 10.2 Å². The van der Waals surface area contributed by atoms with E-state index in [0.29, 0.717) is 12.6 Å². The summed E-state index contributed by atoms with van der Waals surface area (Å²) in [6, 6.07) is 15.8. The van der Waals surface area contributed by atoms with E-state index in [4.69, 9.17) is 19.4 Å². The second-order valence-corrected chi connectivity index (χ2v) is 19.4. The Labute approximate surface area is 259 Å². The number of benzene rings is 1. The van der Waals surface area contributed by atoms with Crippen LogP contribution in [0.3, 0.4) is 0 Å². The molecule has 2 aliphatic rings. The molecular weight excluding hydrogens is 575 g/mol. The number of pyridine rings is 2. The van der Waals surface area contributed by atoms with Crippen molar-refractivity contribution in [3.05, 3.63) is 59.2 Å². The van der Waals surface area contributed by atoms with E-state index in [9.17, 15) is 0 Å². The maximum absolute atomic E-state index is 6.21. The highest BCUT2D eigenvalue weighted by atomic mass is 32.1. The average molecular weight is 618 g/mol. The Bertz CT molecular complexity index is 1480. The molecule has 1 N–H and O–H groups in total. The normalized spacial score (nSPS) is 16.6. The smallest absolute Gasteiger partial charge is 0.215 e. The first-order chi connectivity index (χ1) is 20.9. The lowest BCUT2D eigenvalue weighted by molar-refractivity contribution is 0.0342. The SMILES string of the molecule is C[Si](C)(C)CCOCN(c1ccc2ncc(Nc3ccc(CN4CCOCC4)cc3)cc2n1)c1nnc(C2CCCC2)s1. The lowest BCUT2D eigenvalue weighted by Gasteiger charge is -2.26. The van der Waals surface area contributed by atoms with Gasteiger partial charge in [0.15, 0.2) is 0 Å². The monoisotopic (exact) mass is 617 g/mol. The number of nitrogens with one attached hydrogen (secondary N) is 1. The summed E-state index contributed by atoms with van der Waals surface area (Å²) in [7, 11) is -1.20. The molecule has 11 heteroatoms. The van der Waals surface area contributed by atoms with Crippen molar-refractivity contribution in [1.82, 2.24) is 25.1 Å². The zero-order chi connectivity index (χ0) is 29.6. The van der Waals surface area contributed by atoms with Gasteiger partial charge in [0.1, 0.15) is 17.6 Å². The molecule has 6 rings (SSSR count). The van der Waals surface area contributed by atoms with E-state index in [1.807, 2.05) is 18.3 Å². The van der Waals surface area contributed by atoms with E-state index in [0.717, 1.165) is 83.9 Å². The molecule has 0 radical (unpaired) electrons. The highest BCUT2D eigenvalue weighted by Crippen LogP contribution is 2.38. The Kier molecular flexibility index (Phi) is 9.63. The molecule has 228 valence electrons. The first-order valence-corrected chi connectivity index (χ1v) is 20.0. The lowest BCUT2D eigenvalue weighted by Crippen LogP contribution is -2.35. The quantitative estimate of drug-likeness (QED) is 0.101. The summed E-state index contributed by atoms with van der Waals surface area (Å²) in [5, 5.41) is 14.7. The van der Waals surface area contributed by atoms with Crippen molar-refractivity contribution >= 4 is 52.8 Å². The molecule has 1 aliphatic heterocycles. The highest BCUT2D eigenvalue weighted by Gasteiger charge is 2.24. The Hall–Kier alpha value is -2.96. The first-order valence-electron chi connectivity index (χ1n) is 15.5. The molecule has 43 heavy (non-hydrogen) atoms. The molecule has 3 aromatic heterocycles. The number of morpholine rings is 1. The first kappa shape index (κ1) is 30.1. The summed E-state index contributed by atoms with van der Waals surface area (Å²) in [6.45, 7) is 12.8. The van der Waals surface area contributed by atoms with Gasteiger partial charge in [-0.15, -0.1) is 10.2 Å². The fraction of sp³-hybridized carbons (Fsp3) is 0.500. The number of aromatic nitrogens is 4. The molecule has 0 spiro atoms. The molecular formula is C32H43N7O2SSi. The highest BCUT2D eigenvalue weighted by molar-refractivity contribution is 7.15. The van der Waals surface area contributed by atoms with E-state index in [-0.39, 0.29) is 0 Å². The van der Waals surface area contributed by atoms with Crippen molar-refractivity contribution in [2.75, 3.05) is 49.9 Å². The largest absolute Gasteiger partial charge is 0.379 e. The van der Waals surface area contributed by atoms with Crippen molar-refractivity contribution in [2.24, 2.45) is 0 Å². The van der Waals surface area contributed by atoms with Crippen LogP contribution in [0.1, 0.15) is 42.2 Å². The summed E-state index contributed by atoms with van der Waals surface area (Å²) >= 11 is 1.67. The van der Waals surface area contributed by atoms with E-state index >= 15 is 0 Å². The van der Waals surface area contributed by atoms with E-state index in [2.05, 4.69) is 75.3 Å². The molecule has 1 saturated carbocycles. The average Bonchev–Trinajstić information content (AvgIpc) is 3.71. The number of hydrogen-bond acceptors (Lipinski definition) is 10. The number of ether oxygens (including phenoxy) is 2. The molecule has 0 atom stereocenters. The standard InChI is InChI=1S/C32H43N7O2SSi/c1-43(2,3)19-18-41-23-39(32-37-36-31(42-32)25-6-4-5-7-25)30-13-12-28-29(35-30)20-27(21-33-28)34-26-10-8-24(9-11-26)22-38-14-16-40-17-15-38/h8-13,20-21,25,34H,4-7,14-19,22-23H2,1-3H3. The van der Waals surface area contributed by atoms with Crippen molar-refractivity contribution in [2.45, 2.75) is 63.8 Å². The minimum atomic E-state index is -1.20. The maximum Gasteiger partial charge on any atom is 0.215 e. The molecule has 0 bridgehead atoms. The summed E-state index contributed by atoms with van der Waals surface area (Å²) in [5.41, 5.74) is 4.89. The van der Waals surface area contributed by atoms with Gasteiger partial charge in [-0.3, -0.25) is 14.8 Å². The van der Waals surface area contributed by atoms with Crippen LogP contribution >= 0.6 is 11.3 Å². The van der Waals surface area contributed by atoms with Crippen LogP contribution in [0.25, 0.3) is 11.0 Å². The van der Waals surface area contributed by atoms with Crippen molar-refractivity contribution in [3.8, 4) is 0 Å². The van der Waals surface area contributed by atoms with Gasteiger partial charge in [0.05, 0.1) is 36.1 Å². The topological polar surface area (TPSA) is 88.5 Å². The van der Waals surface area contributed by atoms with Crippen molar-refractivity contribution in [1.29, 1.82) is 0 Å². The molecule has 9 nitrogen and oxygen atoms in total. The third kappa shape index (κ3) is 8.15. The Morgan fingerprint density at radius 1 is 1.00 bits per heavy atom. The summed E-state index contributed by atoms with van der Waals surface area (Å²) in [5.74, 6) is 1.32. The van der Waals surface area contributed by atoms with Crippen LogP contribution in [0.5, 0.6) is 0 Å². The summed E-state index contributed by atoms with van der Waals surface area (Å²) in [4.78, 5) is 14.2. The molecule has 4 aromatic rings. The van der Waals surface area contributed by atoms with Crippen molar-refractivity contribution < 1.29 is 9.47 Å². The van der Waals surface area contributed by atoms with Crippen LogP contribution in [0.4, 0.5) is 22.3 Å². The minimum Gasteiger partial charge on any atom is -0.379 e. The second-order valence-electron chi connectivity index (χ2n) is 12.8. The van der Waals surface area contributed by atoms with Crippen LogP contribution in [-0.4, -0.2) is 72.8 Å². The zero-order valence-electron chi connectivity index (χ0n) is 25.6. The van der Waals surface area contributed by atoms with Gasteiger partial charge in [0, 0.05) is 45.9 Å². The number of anilines is 4. The van der Waals surface area contributed by atoms with Gasteiger partial charge in [-0.2, -0.15) is 0 Å². The van der Waals surface area contributed by atoms with Crippen molar-refractivity contribution in [3.63, 3.8) is 0 Å². The maximum atomic E-state index is 6.21. The van der Waals surface area contributed by atoms with Gasteiger partial charge in [0.2, 0.25) is 5.13 Å². The van der Waals surface area contributed by atoms with Gasteiger partial charge in [-0.25, -0.2) is 4.98 Å². The molecule has 0 amide bonds. The van der Waals surface area contributed by atoms with Crippen LogP contribution in [0, 0.1) is 0 Å². The fourth-order valence-corrected chi connectivity index (χ4v) is 7.28. The molecule has 2 fully saturated rings. The van der Waals surface area contributed by atoms with Gasteiger partial charge in [0.25, 0.3) is 0 Å². The third-order valence-corrected chi connectivity index (χ3v) is 10.9. The molecule has 1 aromatic carbocycles. The number of fused-ring (bicyclic) bond motifs is 1. The van der Waals surface area contributed by atoms with Gasteiger partial charge >= 0.3 is 0 Å². The van der Waals surface area contributed by atoms with Crippen LogP contribution in [0.2, 0.25) is 25.7 Å². The molecule has 1 saturated heterocycles. The Morgan fingerprint density at radius 2 is 1.79 bits per heavy atom. The zero-order valence-corrected chi connectivity index (χ0v) is 27.4. The predicted octanol–water partition coefficient (Wildman–Crippen LogP) is 7.17. The van der Waals surface area contributed by atoms with E-state index in [1.54, 1.807) is 11.3 Å². The Morgan fingerprint density at radius 3 is 2.56 bits per heavy atom.